The molecule has 122 valence electrons. The Bertz CT molecular complexity index is 704. The van der Waals surface area contributed by atoms with Crippen molar-refractivity contribution in [3.05, 3.63) is 29.3 Å². The lowest BCUT2D eigenvalue weighted by molar-refractivity contribution is -0.137. The molecule has 23 heavy (non-hydrogen) atoms. The summed E-state index contributed by atoms with van der Waals surface area (Å²) < 4.78 is 39.3. The number of carbonyl (C=O) groups excluding carboxylic acids is 1. The van der Waals surface area contributed by atoms with E-state index in [4.69, 9.17) is 5.26 Å². The molecule has 4 nitrogen and oxygen atoms in total. The Labute approximate surface area is 131 Å². The normalized spacial score (nSPS) is 25.7. The molecule has 1 heterocycles. The van der Waals surface area contributed by atoms with Crippen LogP contribution >= 0.6 is 0 Å². The zero-order valence-corrected chi connectivity index (χ0v) is 12.4. The Hall–Kier alpha value is -2.07. The quantitative estimate of drug-likeness (QED) is 0.910. The minimum atomic E-state index is -4.68. The molecule has 1 spiro atoms. The number of nitriles is 1. The molecule has 1 aromatic rings. The summed E-state index contributed by atoms with van der Waals surface area (Å²) in [6.07, 6.45) is -3.99. The average molecular weight is 324 g/mol. The molecule has 2 fully saturated rings. The van der Waals surface area contributed by atoms with Gasteiger partial charge in [0, 0.05) is 5.69 Å². The van der Waals surface area contributed by atoms with E-state index in [0.717, 1.165) is 12.1 Å². The predicted molar refractivity (Wildman–Crippen MR) is 75.4 cm³/mol. The Morgan fingerprint density at radius 3 is 2.57 bits per heavy atom. The molecule has 1 amide bonds. The minimum Gasteiger partial charge on any atom is -0.390 e. The zero-order chi connectivity index (χ0) is 17.0. The van der Waals surface area contributed by atoms with Crippen LogP contribution in [0.2, 0.25) is 0 Å². The number of halogens is 3. The van der Waals surface area contributed by atoms with Crippen LogP contribution in [-0.4, -0.2) is 23.2 Å². The number of anilines is 1. The van der Waals surface area contributed by atoms with Crippen LogP contribution in [0.15, 0.2) is 18.2 Å². The molecule has 1 N–H and O–H groups in total. The van der Waals surface area contributed by atoms with Gasteiger partial charge in [-0.3, -0.25) is 4.79 Å². The third kappa shape index (κ3) is 2.20. The van der Waals surface area contributed by atoms with Gasteiger partial charge in [-0.1, -0.05) is 6.92 Å². The van der Waals surface area contributed by atoms with Crippen molar-refractivity contribution >= 4 is 11.6 Å². The molecule has 1 saturated heterocycles. The van der Waals surface area contributed by atoms with Crippen molar-refractivity contribution in [3.8, 4) is 6.07 Å². The summed E-state index contributed by atoms with van der Waals surface area (Å²) >= 11 is 0. The topological polar surface area (TPSA) is 64.3 Å². The van der Waals surface area contributed by atoms with E-state index in [1.807, 2.05) is 0 Å². The maximum atomic E-state index is 13.1. The molecule has 1 aliphatic carbocycles. The van der Waals surface area contributed by atoms with Crippen molar-refractivity contribution in [1.29, 1.82) is 5.26 Å². The van der Waals surface area contributed by atoms with Crippen molar-refractivity contribution in [1.82, 2.24) is 0 Å². The first-order chi connectivity index (χ1) is 10.8. The molecule has 0 radical (unpaired) electrons. The average Bonchev–Trinajstić information content (AvgIpc) is 3.28. The van der Waals surface area contributed by atoms with E-state index >= 15 is 0 Å². The molecule has 3 rings (SSSR count). The number of nitrogens with zero attached hydrogens (tertiary/aromatic N) is 2. The Morgan fingerprint density at radius 1 is 1.43 bits per heavy atom. The highest BCUT2D eigenvalue weighted by atomic mass is 19.4. The predicted octanol–water partition coefficient (Wildman–Crippen LogP) is 2.84. The van der Waals surface area contributed by atoms with E-state index in [2.05, 4.69) is 0 Å². The van der Waals surface area contributed by atoms with E-state index in [-0.39, 0.29) is 11.6 Å². The third-order valence-electron chi connectivity index (χ3n) is 4.82. The summed E-state index contributed by atoms with van der Waals surface area (Å²) in [6, 6.07) is 4.21. The number of aliphatic hydroxyl groups excluding tert-OH is 1. The lowest BCUT2D eigenvalue weighted by Gasteiger charge is -2.26. The van der Waals surface area contributed by atoms with Gasteiger partial charge in [-0.05, 0) is 37.5 Å². The van der Waals surface area contributed by atoms with Crippen LogP contribution in [0.25, 0.3) is 0 Å². The van der Waals surface area contributed by atoms with Crippen LogP contribution in [0.5, 0.6) is 0 Å². The number of alkyl halides is 3. The standard InChI is InChI=1S/C16H15F3N2O2/c1-2-12-13(22)15(5-6-15)14(23)21(12)10-4-3-9(8-20)11(7-10)16(17,18)19/h3-4,7,12-13,22H,2,5-6H2,1H3. The van der Waals surface area contributed by atoms with Crippen molar-refractivity contribution in [2.75, 3.05) is 4.90 Å². The van der Waals surface area contributed by atoms with Crippen molar-refractivity contribution < 1.29 is 23.1 Å². The SMILES string of the molecule is CCC1C(O)C2(CC2)C(=O)N1c1ccc(C#N)c(C(F)(F)F)c1. The highest BCUT2D eigenvalue weighted by Crippen LogP contribution is 2.57. The summed E-state index contributed by atoms with van der Waals surface area (Å²) in [7, 11) is 0. The zero-order valence-electron chi connectivity index (χ0n) is 12.4. The number of amides is 1. The fraction of sp³-hybridized carbons (Fsp3) is 0.500. The molecule has 1 aromatic carbocycles. The van der Waals surface area contributed by atoms with Crippen LogP contribution in [0.4, 0.5) is 18.9 Å². The van der Waals surface area contributed by atoms with Gasteiger partial charge in [0.2, 0.25) is 5.91 Å². The smallest absolute Gasteiger partial charge is 0.390 e. The number of aliphatic hydroxyl groups is 1. The second kappa shape index (κ2) is 4.96. The largest absolute Gasteiger partial charge is 0.417 e. The van der Waals surface area contributed by atoms with Crippen LogP contribution in [0.1, 0.15) is 37.3 Å². The molecule has 2 unspecified atom stereocenters. The Balaban J connectivity index is 2.08. The Kier molecular flexibility index (Phi) is 3.41. The molecule has 0 bridgehead atoms. The second-order valence-electron chi connectivity index (χ2n) is 6.09. The lowest BCUT2D eigenvalue weighted by atomic mass is 9.97. The van der Waals surface area contributed by atoms with Crippen molar-refractivity contribution in [2.45, 2.75) is 44.5 Å². The van der Waals surface area contributed by atoms with Gasteiger partial charge in [-0.2, -0.15) is 18.4 Å². The van der Waals surface area contributed by atoms with Gasteiger partial charge in [-0.25, -0.2) is 0 Å². The highest BCUT2D eigenvalue weighted by molar-refractivity contribution is 6.03. The highest BCUT2D eigenvalue weighted by Gasteiger charge is 2.65. The van der Waals surface area contributed by atoms with Gasteiger partial charge in [0.05, 0.1) is 34.8 Å². The summed E-state index contributed by atoms with van der Waals surface area (Å²) in [5.74, 6) is -0.324. The number of benzene rings is 1. The first kappa shape index (κ1) is 15.8. The number of carbonyl (C=O) groups is 1. The van der Waals surface area contributed by atoms with Gasteiger partial charge in [0.1, 0.15) is 0 Å². The van der Waals surface area contributed by atoms with Gasteiger partial charge >= 0.3 is 6.18 Å². The van der Waals surface area contributed by atoms with E-state index < -0.39 is 34.9 Å². The first-order valence-electron chi connectivity index (χ1n) is 7.39. The third-order valence-corrected chi connectivity index (χ3v) is 4.82. The van der Waals surface area contributed by atoms with E-state index in [9.17, 15) is 23.1 Å². The monoisotopic (exact) mass is 324 g/mol. The van der Waals surface area contributed by atoms with Gasteiger partial charge < -0.3 is 10.0 Å². The maximum absolute atomic E-state index is 13.1. The molecular formula is C16H15F3N2O2. The fourth-order valence-electron chi connectivity index (χ4n) is 3.40. The molecule has 2 atom stereocenters. The van der Waals surface area contributed by atoms with Crippen LogP contribution in [-0.2, 0) is 11.0 Å². The van der Waals surface area contributed by atoms with Crippen LogP contribution < -0.4 is 4.90 Å². The number of hydrogen-bond acceptors (Lipinski definition) is 3. The molecule has 1 saturated carbocycles. The van der Waals surface area contributed by atoms with Crippen LogP contribution in [0.3, 0.4) is 0 Å². The molecule has 0 aromatic heterocycles. The van der Waals surface area contributed by atoms with Crippen molar-refractivity contribution in [2.24, 2.45) is 5.41 Å². The summed E-state index contributed by atoms with van der Waals surface area (Å²) in [5.41, 5.74) is -2.29. The molecule has 7 heteroatoms. The van der Waals surface area contributed by atoms with E-state index in [1.165, 1.54) is 17.0 Å². The van der Waals surface area contributed by atoms with Crippen LogP contribution in [0, 0.1) is 16.7 Å². The lowest BCUT2D eigenvalue weighted by Crippen LogP contribution is -2.36. The van der Waals surface area contributed by atoms with Gasteiger partial charge in [0.15, 0.2) is 0 Å². The summed E-state index contributed by atoms with van der Waals surface area (Å²) in [6.45, 7) is 1.78. The minimum absolute atomic E-state index is 0.0796. The Morgan fingerprint density at radius 2 is 2.09 bits per heavy atom. The summed E-state index contributed by atoms with van der Waals surface area (Å²) in [4.78, 5) is 13.9. The van der Waals surface area contributed by atoms with E-state index in [0.29, 0.717) is 19.3 Å². The fourth-order valence-corrected chi connectivity index (χ4v) is 3.40. The number of rotatable bonds is 2. The van der Waals surface area contributed by atoms with Gasteiger partial charge in [-0.15, -0.1) is 0 Å². The first-order valence-corrected chi connectivity index (χ1v) is 7.39. The molecule has 2 aliphatic rings. The van der Waals surface area contributed by atoms with E-state index in [1.54, 1.807) is 6.92 Å². The van der Waals surface area contributed by atoms with Gasteiger partial charge in [0.25, 0.3) is 0 Å². The maximum Gasteiger partial charge on any atom is 0.417 e. The van der Waals surface area contributed by atoms with Crippen molar-refractivity contribution in [3.63, 3.8) is 0 Å². The summed E-state index contributed by atoms with van der Waals surface area (Å²) in [5, 5.41) is 19.2. The molecule has 1 aliphatic heterocycles. The second-order valence-corrected chi connectivity index (χ2v) is 6.09. The molecular weight excluding hydrogens is 309 g/mol. The number of hydrogen-bond donors (Lipinski definition) is 1.